The zero-order valence-electron chi connectivity index (χ0n) is 8.17. The first-order chi connectivity index (χ1) is 6.70. The maximum atomic E-state index is 6.30. The molecule has 1 aliphatic carbocycles. The Morgan fingerprint density at radius 1 is 1.43 bits per heavy atom. The van der Waals surface area contributed by atoms with Gasteiger partial charge in [-0.2, -0.15) is 0 Å². The molecule has 1 aromatic rings. The Bertz CT molecular complexity index is 319. The van der Waals surface area contributed by atoms with Crippen molar-refractivity contribution >= 4 is 15.9 Å². The topological polar surface area (TPSA) is 38.9 Å². The summed E-state index contributed by atoms with van der Waals surface area (Å²) in [6, 6.07) is 3.96. The summed E-state index contributed by atoms with van der Waals surface area (Å²) >= 11 is 3.51. The smallest absolute Gasteiger partial charge is 0.0563 e. The first-order valence-electron chi connectivity index (χ1n) is 5.08. The van der Waals surface area contributed by atoms with E-state index in [1.807, 2.05) is 18.3 Å². The molecule has 0 unspecified atom stereocenters. The molecule has 76 valence electrons. The maximum Gasteiger partial charge on any atom is 0.0563 e. The lowest BCUT2D eigenvalue weighted by Crippen LogP contribution is -2.39. The fourth-order valence-electron chi connectivity index (χ4n) is 2.14. The van der Waals surface area contributed by atoms with Gasteiger partial charge in [0, 0.05) is 22.6 Å². The molecule has 1 heterocycles. The van der Waals surface area contributed by atoms with Gasteiger partial charge in [-0.15, -0.1) is 0 Å². The largest absolute Gasteiger partial charge is 0.325 e. The third-order valence-corrected chi connectivity index (χ3v) is 3.68. The van der Waals surface area contributed by atoms with Gasteiger partial charge in [-0.3, -0.25) is 4.98 Å². The van der Waals surface area contributed by atoms with Crippen molar-refractivity contribution in [2.45, 2.75) is 37.6 Å². The third kappa shape index (κ3) is 2.15. The number of nitrogens with two attached hydrogens (primary N) is 1. The van der Waals surface area contributed by atoms with Gasteiger partial charge in [-0.05, 0) is 40.9 Å². The predicted octanol–water partition coefficient (Wildman–Crippen LogP) is 2.66. The molecule has 2 rings (SSSR count). The molecule has 1 aliphatic rings. The average molecular weight is 255 g/mol. The van der Waals surface area contributed by atoms with Gasteiger partial charge >= 0.3 is 0 Å². The van der Waals surface area contributed by atoms with Crippen LogP contribution in [0.15, 0.2) is 22.8 Å². The summed E-state index contributed by atoms with van der Waals surface area (Å²) in [4.78, 5) is 4.36. The van der Waals surface area contributed by atoms with E-state index in [1.165, 1.54) is 12.8 Å². The maximum absolute atomic E-state index is 6.30. The Labute approximate surface area is 93.0 Å². The van der Waals surface area contributed by atoms with E-state index in [-0.39, 0.29) is 5.54 Å². The van der Waals surface area contributed by atoms with Gasteiger partial charge < -0.3 is 5.73 Å². The van der Waals surface area contributed by atoms with Crippen molar-refractivity contribution < 1.29 is 0 Å². The molecule has 0 amide bonds. The molecule has 0 atom stereocenters. The van der Waals surface area contributed by atoms with Crippen LogP contribution >= 0.6 is 15.9 Å². The van der Waals surface area contributed by atoms with Gasteiger partial charge in [0.2, 0.25) is 0 Å². The first-order valence-corrected chi connectivity index (χ1v) is 5.87. The fraction of sp³-hybridized carbons (Fsp3) is 0.545. The highest BCUT2D eigenvalue weighted by molar-refractivity contribution is 9.10. The van der Waals surface area contributed by atoms with Crippen molar-refractivity contribution in [1.29, 1.82) is 0 Å². The SMILES string of the molecule is NC1(Cc2ncccc2Br)CCCC1. The molecule has 2 N–H and O–H groups in total. The lowest BCUT2D eigenvalue weighted by Gasteiger charge is -2.23. The number of pyridine rings is 1. The summed E-state index contributed by atoms with van der Waals surface area (Å²) in [6.07, 6.45) is 7.53. The number of nitrogens with zero attached hydrogens (tertiary/aromatic N) is 1. The van der Waals surface area contributed by atoms with Crippen LogP contribution in [0, 0.1) is 0 Å². The monoisotopic (exact) mass is 254 g/mol. The number of hydrogen-bond acceptors (Lipinski definition) is 2. The summed E-state index contributed by atoms with van der Waals surface area (Å²) in [5.74, 6) is 0. The standard InChI is InChI=1S/C11H15BrN2/c12-9-4-3-7-14-10(9)8-11(13)5-1-2-6-11/h3-4,7H,1-2,5-6,8,13H2. The molecule has 2 nitrogen and oxygen atoms in total. The second kappa shape index (κ2) is 3.99. The summed E-state index contributed by atoms with van der Waals surface area (Å²) < 4.78 is 1.08. The molecule has 1 aromatic heterocycles. The highest BCUT2D eigenvalue weighted by atomic mass is 79.9. The van der Waals surface area contributed by atoms with Crippen LogP contribution in [-0.2, 0) is 6.42 Å². The van der Waals surface area contributed by atoms with Gasteiger partial charge in [0.1, 0.15) is 0 Å². The Morgan fingerprint density at radius 3 is 2.79 bits per heavy atom. The summed E-state index contributed by atoms with van der Waals surface area (Å²) in [6.45, 7) is 0. The van der Waals surface area contributed by atoms with E-state index in [0.29, 0.717) is 0 Å². The van der Waals surface area contributed by atoms with Crippen LogP contribution < -0.4 is 5.73 Å². The second-order valence-electron chi connectivity index (χ2n) is 4.18. The van der Waals surface area contributed by atoms with Crippen LogP contribution in [0.2, 0.25) is 0 Å². The number of hydrogen-bond donors (Lipinski definition) is 1. The fourth-order valence-corrected chi connectivity index (χ4v) is 2.53. The Morgan fingerprint density at radius 2 is 2.14 bits per heavy atom. The van der Waals surface area contributed by atoms with E-state index in [0.717, 1.165) is 29.4 Å². The molecule has 0 saturated heterocycles. The predicted molar refractivity (Wildman–Crippen MR) is 61.0 cm³/mol. The van der Waals surface area contributed by atoms with E-state index in [9.17, 15) is 0 Å². The van der Waals surface area contributed by atoms with Crippen LogP contribution in [0.1, 0.15) is 31.4 Å². The second-order valence-corrected chi connectivity index (χ2v) is 5.03. The molecule has 3 heteroatoms. The zero-order valence-corrected chi connectivity index (χ0v) is 9.76. The van der Waals surface area contributed by atoms with Crippen LogP contribution in [0.4, 0.5) is 0 Å². The average Bonchev–Trinajstić information content (AvgIpc) is 2.57. The van der Waals surface area contributed by atoms with Gasteiger partial charge in [-0.25, -0.2) is 0 Å². The van der Waals surface area contributed by atoms with Crippen LogP contribution in [0.3, 0.4) is 0 Å². The minimum absolute atomic E-state index is 0.00310. The molecule has 1 saturated carbocycles. The van der Waals surface area contributed by atoms with Crippen LogP contribution in [0.5, 0.6) is 0 Å². The first kappa shape index (κ1) is 10.1. The Balaban J connectivity index is 2.14. The molecular weight excluding hydrogens is 240 g/mol. The van der Waals surface area contributed by atoms with Gasteiger partial charge in [-0.1, -0.05) is 12.8 Å². The van der Waals surface area contributed by atoms with Crippen molar-refractivity contribution in [2.75, 3.05) is 0 Å². The van der Waals surface area contributed by atoms with Crippen LogP contribution in [0.25, 0.3) is 0 Å². The molecular formula is C11H15BrN2. The summed E-state index contributed by atoms with van der Waals surface area (Å²) in [5.41, 5.74) is 7.39. The van der Waals surface area contributed by atoms with Crippen molar-refractivity contribution in [1.82, 2.24) is 4.98 Å². The van der Waals surface area contributed by atoms with Crippen molar-refractivity contribution in [3.63, 3.8) is 0 Å². The third-order valence-electron chi connectivity index (χ3n) is 2.95. The highest BCUT2D eigenvalue weighted by Gasteiger charge is 2.30. The lowest BCUT2D eigenvalue weighted by atomic mass is 9.93. The van der Waals surface area contributed by atoms with Crippen molar-refractivity contribution in [3.05, 3.63) is 28.5 Å². The normalized spacial score (nSPS) is 19.9. The molecule has 0 aliphatic heterocycles. The molecule has 0 aromatic carbocycles. The highest BCUT2D eigenvalue weighted by Crippen LogP contribution is 2.31. The Kier molecular flexibility index (Phi) is 2.88. The molecule has 0 spiro atoms. The van der Waals surface area contributed by atoms with E-state index in [2.05, 4.69) is 20.9 Å². The van der Waals surface area contributed by atoms with Crippen molar-refractivity contribution in [3.8, 4) is 0 Å². The molecule has 0 bridgehead atoms. The lowest BCUT2D eigenvalue weighted by molar-refractivity contribution is 0.431. The molecule has 0 radical (unpaired) electrons. The van der Waals surface area contributed by atoms with Gasteiger partial charge in [0.05, 0.1) is 5.69 Å². The van der Waals surface area contributed by atoms with Gasteiger partial charge in [0.25, 0.3) is 0 Å². The van der Waals surface area contributed by atoms with Crippen molar-refractivity contribution in [2.24, 2.45) is 5.73 Å². The van der Waals surface area contributed by atoms with E-state index < -0.39 is 0 Å². The van der Waals surface area contributed by atoms with E-state index in [1.54, 1.807) is 0 Å². The quantitative estimate of drug-likeness (QED) is 0.882. The summed E-state index contributed by atoms with van der Waals surface area (Å²) in [5, 5.41) is 0. The number of halogens is 1. The van der Waals surface area contributed by atoms with Crippen LogP contribution in [-0.4, -0.2) is 10.5 Å². The minimum Gasteiger partial charge on any atom is -0.325 e. The van der Waals surface area contributed by atoms with Gasteiger partial charge in [0.15, 0.2) is 0 Å². The zero-order chi connectivity index (χ0) is 10.0. The number of aromatic nitrogens is 1. The minimum atomic E-state index is -0.00310. The summed E-state index contributed by atoms with van der Waals surface area (Å²) in [7, 11) is 0. The number of rotatable bonds is 2. The van der Waals surface area contributed by atoms with E-state index in [4.69, 9.17) is 5.73 Å². The Hall–Kier alpha value is -0.410. The molecule has 14 heavy (non-hydrogen) atoms. The molecule has 1 fully saturated rings. The van der Waals surface area contributed by atoms with E-state index >= 15 is 0 Å².